The number of amides is 2. The lowest BCUT2D eigenvalue weighted by Gasteiger charge is -1.99. The third-order valence-corrected chi connectivity index (χ3v) is 4.35. The lowest BCUT2D eigenvalue weighted by atomic mass is 10.2. The van der Waals surface area contributed by atoms with Gasteiger partial charge in [0.05, 0.1) is 12.4 Å². The van der Waals surface area contributed by atoms with Crippen molar-refractivity contribution in [3.05, 3.63) is 72.1 Å². The van der Waals surface area contributed by atoms with Crippen molar-refractivity contribution in [3.63, 3.8) is 0 Å². The number of nitrogens with zero attached hydrogens (tertiary/aromatic N) is 2. The summed E-state index contributed by atoms with van der Waals surface area (Å²) in [5, 5.41) is 9.80. The number of nitrogens with one attached hydrogen (secondary N) is 4. The van der Waals surface area contributed by atoms with Crippen LogP contribution in [0.2, 0.25) is 0 Å². The summed E-state index contributed by atoms with van der Waals surface area (Å²) < 4.78 is 0. The first-order valence-electron chi connectivity index (χ1n) is 8.97. The first-order valence-corrected chi connectivity index (χ1v) is 8.97. The van der Waals surface area contributed by atoms with Gasteiger partial charge in [-0.25, -0.2) is 10.9 Å². The number of aromatic nitrogens is 2. The van der Waals surface area contributed by atoms with E-state index in [1.54, 1.807) is 12.4 Å². The van der Waals surface area contributed by atoms with Gasteiger partial charge in [0.2, 0.25) is 11.8 Å². The molecule has 0 aliphatic heterocycles. The zero-order valence-corrected chi connectivity index (χ0v) is 15.8. The van der Waals surface area contributed by atoms with Gasteiger partial charge in [0.15, 0.2) is 0 Å². The minimum atomic E-state index is -0.527. The number of H-pyrrole nitrogens is 2. The highest BCUT2D eigenvalue weighted by molar-refractivity contribution is 6.01. The molecule has 9 heteroatoms. The van der Waals surface area contributed by atoms with Gasteiger partial charge in [0.1, 0.15) is 6.42 Å². The van der Waals surface area contributed by atoms with Crippen molar-refractivity contribution in [1.29, 1.82) is 0 Å². The zero-order chi connectivity index (χ0) is 20.1. The van der Waals surface area contributed by atoms with Crippen LogP contribution < -0.4 is 10.9 Å². The third-order valence-electron chi connectivity index (χ3n) is 4.35. The second-order valence-electron chi connectivity index (χ2n) is 6.34. The molecule has 2 aromatic heterocycles. The fourth-order valence-corrected chi connectivity index (χ4v) is 2.97. The van der Waals surface area contributed by atoms with Gasteiger partial charge >= 0.3 is 0 Å². The average molecular weight is 404 g/mol. The molecular weight excluding hydrogens is 384 g/mol. The lowest BCUT2D eigenvalue weighted by Crippen LogP contribution is -2.27. The number of carbonyl (C=O) groups is 2. The first kappa shape index (κ1) is 20.5. The van der Waals surface area contributed by atoms with E-state index in [2.05, 4.69) is 31.0 Å². The van der Waals surface area contributed by atoms with E-state index in [0.717, 1.165) is 32.9 Å². The molecule has 4 aromatic rings. The van der Waals surface area contributed by atoms with Crippen LogP contribution in [0.25, 0.3) is 21.8 Å². The van der Waals surface area contributed by atoms with Crippen LogP contribution in [0.3, 0.4) is 0 Å². The largest absolute Gasteiger partial charge is 0.412 e. The topological polar surface area (TPSA) is 146 Å². The van der Waals surface area contributed by atoms with E-state index >= 15 is 0 Å². The molecular formula is C21H20N6O3. The van der Waals surface area contributed by atoms with Crippen molar-refractivity contribution in [1.82, 2.24) is 20.8 Å². The van der Waals surface area contributed by atoms with Crippen LogP contribution in [0.1, 0.15) is 17.5 Å². The molecule has 0 spiro atoms. The number of para-hydroxylation sites is 2. The zero-order valence-electron chi connectivity index (χ0n) is 15.8. The Balaban J connectivity index is 0.00000256. The second kappa shape index (κ2) is 9.30. The van der Waals surface area contributed by atoms with Crippen LogP contribution >= 0.6 is 0 Å². The maximum Gasteiger partial charge on any atom is 0.249 e. The van der Waals surface area contributed by atoms with E-state index in [1.165, 1.54) is 12.4 Å². The van der Waals surface area contributed by atoms with Crippen LogP contribution in [0.4, 0.5) is 0 Å². The highest BCUT2D eigenvalue weighted by atomic mass is 16.2. The van der Waals surface area contributed by atoms with Crippen molar-refractivity contribution in [2.24, 2.45) is 10.2 Å². The van der Waals surface area contributed by atoms with Crippen molar-refractivity contribution in [2.75, 3.05) is 0 Å². The van der Waals surface area contributed by atoms with Crippen LogP contribution in [0.15, 0.2) is 71.1 Å². The van der Waals surface area contributed by atoms with E-state index in [9.17, 15) is 9.59 Å². The lowest BCUT2D eigenvalue weighted by molar-refractivity contribution is -0.129. The Kier molecular flexibility index (Phi) is 6.36. The van der Waals surface area contributed by atoms with Gasteiger partial charge in [0.25, 0.3) is 0 Å². The summed E-state index contributed by atoms with van der Waals surface area (Å²) in [5.74, 6) is -1.05. The van der Waals surface area contributed by atoms with Crippen molar-refractivity contribution < 1.29 is 15.1 Å². The molecule has 0 radical (unpaired) electrons. The van der Waals surface area contributed by atoms with Gasteiger partial charge < -0.3 is 15.4 Å². The number of hydrogen-bond acceptors (Lipinski definition) is 4. The van der Waals surface area contributed by atoms with Crippen molar-refractivity contribution >= 4 is 46.0 Å². The van der Waals surface area contributed by atoms with Crippen LogP contribution in [0, 0.1) is 0 Å². The van der Waals surface area contributed by atoms with E-state index in [0.29, 0.717) is 0 Å². The molecule has 0 aliphatic carbocycles. The highest BCUT2D eigenvalue weighted by Gasteiger charge is 2.08. The van der Waals surface area contributed by atoms with Crippen LogP contribution in [0.5, 0.6) is 0 Å². The standard InChI is InChI=1S/C21H18N6O2.H2O/c28-20(26-24-12-14-10-22-18-7-3-1-5-16(14)18)9-21(29)27-25-13-15-11-23-19-8-4-2-6-17(15)19;/h1-8,10-13,22-23H,9H2,(H,26,28)(H,27,29);1H2/b24-12+,25-13+;. The summed E-state index contributed by atoms with van der Waals surface area (Å²) in [6.45, 7) is 0. The van der Waals surface area contributed by atoms with Gasteiger partial charge in [-0.3, -0.25) is 9.59 Å². The molecule has 2 heterocycles. The second-order valence-corrected chi connectivity index (χ2v) is 6.34. The number of rotatable bonds is 6. The Morgan fingerprint density at radius 1 is 0.767 bits per heavy atom. The summed E-state index contributed by atoms with van der Waals surface area (Å²) in [6, 6.07) is 15.5. The average Bonchev–Trinajstić information content (AvgIpc) is 3.33. The van der Waals surface area contributed by atoms with Crippen LogP contribution in [-0.4, -0.2) is 39.7 Å². The molecule has 9 nitrogen and oxygen atoms in total. The summed E-state index contributed by atoms with van der Waals surface area (Å²) in [4.78, 5) is 30.0. The normalized spacial score (nSPS) is 11.2. The molecule has 0 fully saturated rings. The monoisotopic (exact) mass is 404 g/mol. The van der Waals surface area contributed by atoms with Crippen molar-refractivity contribution in [2.45, 2.75) is 6.42 Å². The molecule has 2 amide bonds. The van der Waals surface area contributed by atoms with E-state index in [4.69, 9.17) is 0 Å². The fourth-order valence-electron chi connectivity index (χ4n) is 2.97. The van der Waals surface area contributed by atoms with Gasteiger partial charge in [-0.2, -0.15) is 10.2 Å². The van der Waals surface area contributed by atoms with Gasteiger partial charge in [-0.15, -0.1) is 0 Å². The molecule has 0 atom stereocenters. The Hall–Kier alpha value is -4.24. The first-order chi connectivity index (χ1) is 14.2. The van der Waals surface area contributed by atoms with E-state index in [1.807, 2.05) is 48.5 Å². The van der Waals surface area contributed by atoms with Gasteiger partial charge in [0, 0.05) is 45.3 Å². The summed E-state index contributed by atoms with van der Waals surface area (Å²) >= 11 is 0. The smallest absolute Gasteiger partial charge is 0.249 e. The number of carbonyl (C=O) groups excluding carboxylic acids is 2. The predicted octanol–water partition coefficient (Wildman–Crippen LogP) is 1.81. The van der Waals surface area contributed by atoms with E-state index in [-0.39, 0.29) is 11.9 Å². The minimum Gasteiger partial charge on any atom is -0.412 e. The molecule has 0 saturated heterocycles. The summed E-state index contributed by atoms with van der Waals surface area (Å²) in [5.41, 5.74) is 8.33. The molecule has 0 unspecified atom stereocenters. The molecule has 6 N–H and O–H groups in total. The quantitative estimate of drug-likeness (QED) is 0.221. The Bertz CT molecular complexity index is 1140. The van der Waals surface area contributed by atoms with Crippen molar-refractivity contribution in [3.8, 4) is 0 Å². The van der Waals surface area contributed by atoms with Crippen LogP contribution in [-0.2, 0) is 9.59 Å². The van der Waals surface area contributed by atoms with E-state index < -0.39 is 11.8 Å². The molecule has 0 aliphatic rings. The molecule has 0 bridgehead atoms. The number of aromatic amines is 2. The Morgan fingerprint density at radius 2 is 1.20 bits per heavy atom. The molecule has 152 valence electrons. The number of hydrogen-bond donors (Lipinski definition) is 4. The molecule has 4 rings (SSSR count). The number of fused-ring (bicyclic) bond motifs is 2. The summed E-state index contributed by atoms with van der Waals surface area (Å²) in [7, 11) is 0. The Labute approximate surface area is 171 Å². The maximum absolute atomic E-state index is 11.9. The van der Waals surface area contributed by atoms with Gasteiger partial charge in [-0.05, 0) is 12.1 Å². The molecule has 0 saturated carbocycles. The number of hydrazone groups is 2. The molecule has 2 aromatic carbocycles. The highest BCUT2D eigenvalue weighted by Crippen LogP contribution is 2.16. The maximum atomic E-state index is 11.9. The van der Waals surface area contributed by atoms with Gasteiger partial charge in [-0.1, -0.05) is 36.4 Å². The minimum absolute atomic E-state index is 0. The predicted molar refractivity (Wildman–Crippen MR) is 116 cm³/mol. The molecule has 30 heavy (non-hydrogen) atoms. The fraction of sp³-hybridized carbons (Fsp3) is 0.0476. The third kappa shape index (κ3) is 4.59. The Morgan fingerprint density at radius 3 is 1.67 bits per heavy atom. The SMILES string of the molecule is O.O=C(CC(=O)N/N=C/c1c[nH]c2ccccc12)N/N=C/c1c[nH]c2ccccc12. The summed E-state index contributed by atoms with van der Waals surface area (Å²) in [6.07, 6.45) is 6.28. The number of benzene rings is 2.